The van der Waals surface area contributed by atoms with Gasteiger partial charge in [0, 0.05) is 6.54 Å². The van der Waals surface area contributed by atoms with Gasteiger partial charge in [-0.2, -0.15) is 4.98 Å². The number of fused-ring (bicyclic) bond motifs is 1. The first-order valence-electron chi connectivity index (χ1n) is 9.76. The fraction of sp³-hybridized carbons (Fsp3) is 0.429. The zero-order chi connectivity index (χ0) is 19.5. The molecule has 0 radical (unpaired) electrons. The van der Waals surface area contributed by atoms with E-state index in [0.29, 0.717) is 28.8 Å². The zero-order valence-electron chi connectivity index (χ0n) is 16.2. The van der Waals surface area contributed by atoms with Gasteiger partial charge in [-0.05, 0) is 58.1 Å². The number of hydrogen-bond acceptors (Lipinski definition) is 6. The van der Waals surface area contributed by atoms with Crippen molar-refractivity contribution in [1.82, 2.24) is 19.7 Å². The molecule has 1 aliphatic carbocycles. The highest BCUT2D eigenvalue weighted by Crippen LogP contribution is 2.33. The van der Waals surface area contributed by atoms with Gasteiger partial charge in [-0.15, -0.1) is 0 Å². The molecule has 1 unspecified atom stereocenters. The van der Waals surface area contributed by atoms with Crippen molar-refractivity contribution in [3.8, 4) is 0 Å². The number of rotatable bonds is 6. The summed E-state index contributed by atoms with van der Waals surface area (Å²) >= 11 is 1.49. The predicted octanol–water partition coefficient (Wildman–Crippen LogP) is 4.83. The number of thioether (sulfide) groups is 1. The van der Waals surface area contributed by atoms with Crippen LogP contribution in [-0.2, 0) is 6.54 Å². The van der Waals surface area contributed by atoms with E-state index in [4.69, 9.17) is 9.51 Å². The summed E-state index contributed by atoms with van der Waals surface area (Å²) in [6, 6.07) is 7.53. The largest absolute Gasteiger partial charge is 0.338 e. The molecule has 6 nitrogen and oxygen atoms in total. The van der Waals surface area contributed by atoms with Crippen molar-refractivity contribution in [1.29, 1.82) is 0 Å². The first-order valence-corrected chi connectivity index (χ1v) is 10.6. The number of benzene rings is 1. The van der Waals surface area contributed by atoms with E-state index in [2.05, 4.69) is 16.2 Å². The van der Waals surface area contributed by atoms with Gasteiger partial charge in [0.2, 0.25) is 5.89 Å². The lowest BCUT2D eigenvalue weighted by Gasteiger charge is -2.17. The third-order valence-electron chi connectivity index (χ3n) is 5.04. The lowest BCUT2D eigenvalue weighted by atomic mass is 9.97. The van der Waals surface area contributed by atoms with Crippen LogP contribution in [0, 0.1) is 6.92 Å². The number of nitrogens with zero attached hydrogens (tertiary/aromatic N) is 4. The first kappa shape index (κ1) is 18.9. The van der Waals surface area contributed by atoms with E-state index in [1.54, 1.807) is 6.92 Å². The molecular formula is C21H24N4O2S. The van der Waals surface area contributed by atoms with Crippen molar-refractivity contribution in [2.75, 3.05) is 0 Å². The van der Waals surface area contributed by atoms with Crippen molar-refractivity contribution in [2.24, 2.45) is 0 Å². The monoisotopic (exact) mass is 396 g/mol. The van der Waals surface area contributed by atoms with Crippen LogP contribution in [0.4, 0.5) is 0 Å². The average molecular weight is 397 g/mol. The summed E-state index contributed by atoms with van der Waals surface area (Å²) < 4.78 is 7.11. The van der Waals surface area contributed by atoms with Crippen molar-refractivity contribution >= 4 is 22.7 Å². The maximum absolute atomic E-state index is 13.2. The van der Waals surface area contributed by atoms with Crippen LogP contribution in [0.2, 0.25) is 0 Å². The van der Waals surface area contributed by atoms with Crippen LogP contribution in [0.5, 0.6) is 0 Å². The number of aromatic nitrogens is 4. The Morgan fingerprint density at radius 3 is 2.86 bits per heavy atom. The fourth-order valence-corrected chi connectivity index (χ4v) is 4.47. The van der Waals surface area contributed by atoms with Crippen LogP contribution in [-0.4, -0.2) is 19.7 Å². The van der Waals surface area contributed by atoms with E-state index >= 15 is 0 Å². The highest BCUT2D eigenvalue weighted by Gasteiger charge is 2.19. The molecular weight excluding hydrogens is 372 g/mol. The number of para-hydroxylation sites is 1. The van der Waals surface area contributed by atoms with Crippen molar-refractivity contribution in [3.05, 3.63) is 58.0 Å². The van der Waals surface area contributed by atoms with Gasteiger partial charge in [0.1, 0.15) is 0 Å². The number of hydrogen-bond donors (Lipinski definition) is 0. The number of aryl methyl sites for hydroxylation is 1. The van der Waals surface area contributed by atoms with Crippen molar-refractivity contribution in [3.63, 3.8) is 0 Å². The summed E-state index contributed by atoms with van der Waals surface area (Å²) in [5.74, 6) is 1.15. The molecule has 0 fully saturated rings. The molecule has 146 valence electrons. The lowest BCUT2D eigenvalue weighted by molar-refractivity contribution is 0.376. The van der Waals surface area contributed by atoms with E-state index < -0.39 is 0 Å². The smallest absolute Gasteiger partial charge is 0.262 e. The average Bonchev–Trinajstić information content (AvgIpc) is 3.15. The molecule has 7 heteroatoms. The molecule has 4 rings (SSSR count). The predicted molar refractivity (Wildman–Crippen MR) is 110 cm³/mol. The van der Waals surface area contributed by atoms with Gasteiger partial charge >= 0.3 is 0 Å². The summed E-state index contributed by atoms with van der Waals surface area (Å²) in [5, 5.41) is 5.14. The molecule has 0 amide bonds. The summed E-state index contributed by atoms with van der Waals surface area (Å²) in [6.45, 7) is 4.43. The van der Waals surface area contributed by atoms with Gasteiger partial charge < -0.3 is 4.52 Å². The molecule has 1 aliphatic rings. The highest BCUT2D eigenvalue weighted by molar-refractivity contribution is 7.99. The third-order valence-corrected chi connectivity index (χ3v) is 6.12. The van der Waals surface area contributed by atoms with E-state index in [0.717, 1.165) is 24.8 Å². The molecule has 0 saturated carbocycles. The molecule has 0 saturated heterocycles. The van der Waals surface area contributed by atoms with E-state index in [1.807, 2.05) is 35.8 Å². The van der Waals surface area contributed by atoms with Crippen LogP contribution < -0.4 is 5.56 Å². The molecule has 0 N–H and O–H groups in total. The van der Waals surface area contributed by atoms with Gasteiger partial charge in [-0.1, -0.05) is 40.7 Å². The zero-order valence-corrected chi connectivity index (χ0v) is 17.0. The minimum absolute atomic E-state index is 0.0124. The maximum atomic E-state index is 13.2. The normalized spacial score (nSPS) is 15.6. The van der Waals surface area contributed by atoms with E-state index in [9.17, 15) is 4.79 Å². The Labute approximate surface area is 168 Å². The Kier molecular flexibility index (Phi) is 5.62. The molecule has 1 aromatic carbocycles. The molecule has 0 bridgehead atoms. The van der Waals surface area contributed by atoms with Gasteiger partial charge in [0.25, 0.3) is 5.56 Å². The summed E-state index contributed by atoms with van der Waals surface area (Å²) in [5.41, 5.74) is 2.18. The first-order chi connectivity index (χ1) is 13.6. The molecule has 0 aliphatic heterocycles. The molecule has 28 heavy (non-hydrogen) atoms. The third kappa shape index (κ3) is 4.04. The second kappa shape index (κ2) is 8.31. The Bertz CT molecular complexity index is 1070. The second-order valence-corrected chi connectivity index (χ2v) is 8.47. The molecule has 3 aromatic rings. The van der Waals surface area contributed by atoms with Crippen molar-refractivity contribution < 1.29 is 4.52 Å². The fourth-order valence-electron chi connectivity index (χ4n) is 3.51. The van der Waals surface area contributed by atoms with Crippen LogP contribution in [0.15, 0.2) is 50.4 Å². The minimum Gasteiger partial charge on any atom is -0.338 e. The van der Waals surface area contributed by atoms with Gasteiger partial charge in [0.15, 0.2) is 11.0 Å². The molecule has 1 atom stereocenters. The standard InChI is InChI=1S/C21H24N4O2S/c1-14(19-22-15(2)24-27-19)28-21-23-18-11-7-6-10-17(18)20(26)25(21)13-12-16-8-4-3-5-9-16/h6-8,10-11,14H,3-5,9,12-13H2,1-2H3. The van der Waals surface area contributed by atoms with E-state index in [-0.39, 0.29) is 10.8 Å². The van der Waals surface area contributed by atoms with Gasteiger partial charge in [0.05, 0.1) is 16.2 Å². The Morgan fingerprint density at radius 1 is 1.25 bits per heavy atom. The minimum atomic E-state index is -0.0885. The summed E-state index contributed by atoms with van der Waals surface area (Å²) in [6.07, 6.45) is 8.02. The Morgan fingerprint density at radius 2 is 2.11 bits per heavy atom. The molecule has 2 heterocycles. The van der Waals surface area contributed by atoms with Crippen LogP contribution in [0.1, 0.15) is 56.0 Å². The maximum Gasteiger partial charge on any atom is 0.262 e. The second-order valence-electron chi connectivity index (χ2n) is 7.17. The van der Waals surface area contributed by atoms with Crippen LogP contribution in [0.25, 0.3) is 10.9 Å². The van der Waals surface area contributed by atoms with Crippen LogP contribution in [0.3, 0.4) is 0 Å². The SMILES string of the molecule is Cc1noc(C(C)Sc2nc3ccccc3c(=O)n2CCC2=CCCCC2)n1. The molecule has 0 spiro atoms. The Balaban J connectivity index is 1.68. The van der Waals surface area contributed by atoms with E-state index in [1.165, 1.54) is 30.2 Å². The summed E-state index contributed by atoms with van der Waals surface area (Å²) in [7, 11) is 0. The quantitative estimate of drug-likeness (QED) is 0.337. The van der Waals surface area contributed by atoms with Crippen molar-refractivity contribution in [2.45, 2.75) is 62.9 Å². The Hall–Kier alpha value is -2.41. The topological polar surface area (TPSA) is 73.8 Å². The van der Waals surface area contributed by atoms with Crippen LogP contribution >= 0.6 is 11.8 Å². The van der Waals surface area contributed by atoms with Gasteiger partial charge in [-0.25, -0.2) is 4.98 Å². The molecule has 2 aromatic heterocycles. The summed E-state index contributed by atoms with van der Waals surface area (Å²) in [4.78, 5) is 22.3. The number of allylic oxidation sites excluding steroid dienone is 2. The van der Waals surface area contributed by atoms with Gasteiger partial charge in [-0.3, -0.25) is 9.36 Å². The lowest BCUT2D eigenvalue weighted by Crippen LogP contribution is -2.24. The highest BCUT2D eigenvalue weighted by atomic mass is 32.2.